The van der Waals surface area contributed by atoms with Crippen molar-refractivity contribution in [3.8, 4) is 0 Å². The van der Waals surface area contributed by atoms with E-state index in [1.54, 1.807) is 24.3 Å². The number of hydrogen-bond donors (Lipinski definition) is 3. The number of benzene rings is 1. The normalized spacial score (nSPS) is 16.2. The summed E-state index contributed by atoms with van der Waals surface area (Å²) in [6.45, 7) is 2.80. The summed E-state index contributed by atoms with van der Waals surface area (Å²) < 4.78 is 5.27. The van der Waals surface area contributed by atoms with Gasteiger partial charge in [-0.15, -0.1) is 0 Å². The van der Waals surface area contributed by atoms with Crippen molar-refractivity contribution < 1.29 is 24.2 Å². The van der Waals surface area contributed by atoms with Crippen LogP contribution >= 0.6 is 0 Å². The van der Waals surface area contributed by atoms with Crippen molar-refractivity contribution >= 4 is 23.5 Å². The van der Waals surface area contributed by atoms with Crippen molar-refractivity contribution in [3.05, 3.63) is 29.8 Å². The second kappa shape index (κ2) is 8.44. The Kier molecular flexibility index (Phi) is 6.31. The maximum absolute atomic E-state index is 12.0. The standard InChI is InChI=1S/C17H22N2O5/c1-11(17(22)23)18-16(21)13-2-4-14(5-3-13)19-15(20)10-12-6-8-24-9-7-12/h2-5,11-12H,6-10H2,1H3,(H,18,21)(H,19,20)(H,22,23)/t11-/m1/s1. The quantitative estimate of drug-likeness (QED) is 0.733. The van der Waals surface area contributed by atoms with Crippen LogP contribution in [0.4, 0.5) is 5.69 Å². The molecule has 3 N–H and O–H groups in total. The fourth-order valence-corrected chi connectivity index (χ4v) is 2.47. The molecule has 1 aliphatic rings. The Labute approximate surface area is 140 Å². The summed E-state index contributed by atoms with van der Waals surface area (Å²) >= 11 is 0. The van der Waals surface area contributed by atoms with Crippen molar-refractivity contribution in [2.24, 2.45) is 5.92 Å². The lowest BCUT2D eigenvalue weighted by Crippen LogP contribution is -2.38. The van der Waals surface area contributed by atoms with Gasteiger partial charge in [-0.25, -0.2) is 0 Å². The van der Waals surface area contributed by atoms with Gasteiger partial charge in [-0.3, -0.25) is 14.4 Å². The summed E-state index contributed by atoms with van der Waals surface area (Å²) in [5.74, 6) is -1.27. The van der Waals surface area contributed by atoms with Crippen LogP contribution in [-0.2, 0) is 14.3 Å². The number of carbonyl (C=O) groups excluding carboxylic acids is 2. The van der Waals surface area contributed by atoms with Gasteiger partial charge in [-0.1, -0.05) is 0 Å². The Balaban J connectivity index is 1.85. The van der Waals surface area contributed by atoms with Crippen LogP contribution in [0.1, 0.15) is 36.5 Å². The monoisotopic (exact) mass is 334 g/mol. The van der Waals surface area contributed by atoms with Gasteiger partial charge in [0.05, 0.1) is 0 Å². The number of amides is 2. The fourth-order valence-electron chi connectivity index (χ4n) is 2.47. The number of rotatable bonds is 6. The molecule has 1 aromatic carbocycles. The first-order chi connectivity index (χ1) is 11.5. The summed E-state index contributed by atoms with van der Waals surface area (Å²) in [7, 11) is 0. The van der Waals surface area contributed by atoms with E-state index in [0.29, 0.717) is 36.8 Å². The van der Waals surface area contributed by atoms with Gasteiger partial charge in [-0.2, -0.15) is 0 Å². The molecule has 1 fully saturated rings. The van der Waals surface area contributed by atoms with E-state index in [1.165, 1.54) is 6.92 Å². The topological polar surface area (TPSA) is 105 Å². The minimum atomic E-state index is -1.10. The Bertz CT molecular complexity index is 594. The van der Waals surface area contributed by atoms with Crippen molar-refractivity contribution in [1.29, 1.82) is 0 Å². The van der Waals surface area contributed by atoms with E-state index in [2.05, 4.69) is 10.6 Å². The lowest BCUT2D eigenvalue weighted by atomic mass is 9.96. The summed E-state index contributed by atoms with van der Waals surface area (Å²) in [6, 6.07) is 5.39. The molecular formula is C17H22N2O5. The molecule has 2 rings (SSSR count). The summed E-state index contributed by atoms with van der Waals surface area (Å²) in [6.07, 6.45) is 2.25. The van der Waals surface area contributed by atoms with Crippen molar-refractivity contribution in [1.82, 2.24) is 5.32 Å². The predicted molar refractivity (Wildman–Crippen MR) is 87.8 cm³/mol. The number of aliphatic carboxylic acids is 1. The molecule has 0 aromatic heterocycles. The second-order valence-corrected chi connectivity index (χ2v) is 5.92. The molecule has 1 aliphatic heterocycles. The van der Waals surface area contributed by atoms with Gasteiger partial charge in [0.15, 0.2) is 0 Å². The third-order valence-electron chi connectivity index (χ3n) is 3.96. The number of carboxylic acids is 1. The molecule has 130 valence electrons. The SMILES string of the molecule is C[C@@H](NC(=O)c1ccc(NC(=O)CC2CCOCC2)cc1)C(=O)O. The molecule has 0 bridgehead atoms. The van der Waals surface area contributed by atoms with E-state index in [1.807, 2.05) is 0 Å². The Hall–Kier alpha value is -2.41. The van der Waals surface area contributed by atoms with E-state index < -0.39 is 17.9 Å². The van der Waals surface area contributed by atoms with Crippen molar-refractivity contribution in [2.45, 2.75) is 32.2 Å². The van der Waals surface area contributed by atoms with E-state index in [9.17, 15) is 14.4 Å². The van der Waals surface area contributed by atoms with Gasteiger partial charge in [0.2, 0.25) is 5.91 Å². The molecule has 1 heterocycles. The zero-order chi connectivity index (χ0) is 17.5. The number of carbonyl (C=O) groups is 3. The van der Waals surface area contributed by atoms with E-state index in [0.717, 1.165) is 12.8 Å². The van der Waals surface area contributed by atoms with Gasteiger partial charge < -0.3 is 20.5 Å². The average Bonchev–Trinajstić information content (AvgIpc) is 2.56. The zero-order valence-electron chi connectivity index (χ0n) is 13.6. The molecule has 7 nitrogen and oxygen atoms in total. The van der Waals surface area contributed by atoms with Gasteiger partial charge in [0.25, 0.3) is 5.91 Å². The molecule has 7 heteroatoms. The molecule has 0 spiro atoms. The summed E-state index contributed by atoms with van der Waals surface area (Å²) in [5, 5.41) is 14.0. The number of carboxylic acid groups (broad SMARTS) is 1. The van der Waals surface area contributed by atoms with Crippen LogP contribution < -0.4 is 10.6 Å². The van der Waals surface area contributed by atoms with E-state index in [4.69, 9.17) is 9.84 Å². The number of anilines is 1. The molecule has 1 aromatic rings. The molecule has 0 saturated carbocycles. The second-order valence-electron chi connectivity index (χ2n) is 5.92. The predicted octanol–water partition coefficient (Wildman–Crippen LogP) is 1.64. The van der Waals surface area contributed by atoms with E-state index >= 15 is 0 Å². The number of nitrogens with one attached hydrogen (secondary N) is 2. The highest BCUT2D eigenvalue weighted by Gasteiger charge is 2.18. The smallest absolute Gasteiger partial charge is 0.325 e. The van der Waals surface area contributed by atoms with Gasteiger partial charge in [-0.05, 0) is 49.9 Å². The molecule has 1 atom stereocenters. The Morgan fingerprint density at radius 1 is 1.21 bits per heavy atom. The van der Waals surface area contributed by atoms with Crippen molar-refractivity contribution in [2.75, 3.05) is 18.5 Å². The minimum absolute atomic E-state index is 0.0569. The highest BCUT2D eigenvalue weighted by Crippen LogP contribution is 2.19. The molecule has 0 unspecified atom stereocenters. The molecule has 1 saturated heterocycles. The summed E-state index contributed by atoms with van der Waals surface area (Å²) in [5.41, 5.74) is 0.945. The van der Waals surface area contributed by atoms with Crippen molar-refractivity contribution in [3.63, 3.8) is 0 Å². The van der Waals surface area contributed by atoms with Crippen LogP contribution in [0.25, 0.3) is 0 Å². The number of ether oxygens (including phenoxy) is 1. The maximum Gasteiger partial charge on any atom is 0.325 e. The van der Waals surface area contributed by atoms with Gasteiger partial charge in [0.1, 0.15) is 6.04 Å². The Morgan fingerprint density at radius 3 is 2.42 bits per heavy atom. The molecular weight excluding hydrogens is 312 g/mol. The maximum atomic E-state index is 12.0. The zero-order valence-corrected chi connectivity index (χ0v) is 13.6. The average molecular weight is 334 g/mol. The lowest BCUT2D eigenvalue weighted by molar-refractivity contribution is -0.138. The van der Waals surface area contributed by atoms with Gasteiger partial charge >= 0.3 is 5.97 Å². The van der Waals surface area contributed by atoms with Crippen LogP contribution in [0.3, 0.4) is 0 Å². The molecule has 24 heavy (non-hydrogen) atoms. The molecule has 0 aliphatic carbocycles. The van der Waals surface area contributed by atoms with Crippen LogP contribution in [0.5, 0.6) is 0 Å². The lowest BCUT2D eigenvalue weighted by Gasteiger charge is -2.21. The highest BCUT2D eigenvalue weighted by molar-refractivity contribution is 5.97. The van der Waals surface area contributed by atoms with Crippen LogP contribution in [0.2, 0.25) is 0 Å². The highest BCUT2D eigenvalue weighted by atomic mass is 16.5. The number of hydrogen-bond acceptors (Lipinski definition) is 4. The van der Waals surface area contributed by atoms with Crippen LogP contribution in [0.15, 0.2) is 24.3 Å². The first-order valence-electron chi connectivity index (χ1n) is 7.97. The molecule has 0 radical (unpaired) electrons. The first-order valence-corrected chi connectivity index (χ1v) is 7.97. The van der Waals surface area contributed by atoms with Gasteiger partial charge in [0, 0.05) is 30.9 Å². The minimum Gasteiger partial charge on any atom is -0.480 e. The first kappa shape index (κ1) is 17.9. The largest absolute Gasteiger partial charge is 0.480 e. The third-order valence-corrected chi connectivity index (χ3v) is 3.96. The fraction of sp³-hybridized carbons (Fsp3) is 0.471. The third kappa shape index (κ3) is 5.34. The Morgan fingerprint density at radius 2 is 1.83 bits per heavy atom. The van der Waals surface area contributed by atoms with E-state index in [-0.39, 0.29) is 5.91 Å². The summed E-state index contributed by atoms with van der Waals surface area (Å²) in [4.78, 5) is 34.6. The van der Waals surface area contributed by atoms with Crippen LogP contribution in [-0.4, -0.2) is 42.1 Å². The molecule has 2 amide bonds. The van der Waals surface area contributed by atoms with Crippen LogP contribution in [0, 0.1) is 5.92 Å².